The zero-order valence-corrected chi connectivity index (χ0v) is 15.8. The van der Waals surface area contributed by atoms with Crippen LogP contribution in [0.5, 0.6) is 17.2 Å². The first-order valence-electron chi connectivity index (χ1n) is 7.72. The number of ether oxygens (including phenoxy) is 3. The molecule has 0 radical (unpaired) electrons. The number of hydrogen-bond donors (Lipinski definition) is 0. The molecule has 0 saturated heterocycles. The van der Waals surface area contributed by atoms with Gasteiger partial charge in [-0.1, -0.05) is 30.1 Å². The van der Waals surface area contributed by atoms with Crippen LogP contribution >= 0.6 is 23.2 Å². The number of carbonyl (C=O) groups is 1. The van der Waals surface area contributed by atoms with Crippen LogP contribution < -0.4 is 14.2 Å². The second-order valence-electron chi connectivity index (χ2n) is 5.21. The predicted molar refractivity (Wildman–Crippen MR) is 97.6 cm³/mol. The number of ketones is 1. The van der Waals surface area contributed by atoms with E-state index in [4.69, 9.17) is 37.4 Å². The zero-order valence-electron chi connectivity index (χ0n) is 14.3. The van der Waals surface area contributed by atoms with Crippen molar-refractivity contribution in [2.75, 3.05) is 20.8 Å². The smallest absolute Gasteiger partial charge is 0.204 e. The van der Waals surface area contributed by atoms with Crippen molar-refractivity contribution in [2.45, 2.75) is 19.8 Å². The summed E-state index contributed by atoms with van der Waals surface area (Å²) in [6, 6.07) is 3.32. The summed E-state index contributed by atoms with van der Waals surface area (Å²) >= 11 is 12.2. The van der Waals surface area contributed by atoms with E-state index in [-0.39, 0.29) is 12.2 Å². The van der Waals surface area contributed by atoms with Crippen LogP contribution in [0.25, 0.3) is 0 Å². The quantitative estimate of drug-likeness (QED) is 0.622. The van der Waals surface area contributed by atoms with Gasteiger partial charge in [-0.15, -0.1) is 0 Å². The number of aromatic nitrogens is 1. The van der Waals surface area contributed by atoms with Crippen LogP contribution in [0.15, 0.2) is 24.5 Å². The van der Waals surface area contributed by atoms with Gasteiger partial charge in [-0.3, -0.25) is 9.78 Å². The molecule has 0 aliphatic heterocycles. The molecule has 0 unspecified atom stereocenters. The summed E-state index contributed by atoms with van der Waals surface area (Å²) in [7, 11) is 3.02. The Kier molecular flexibility index (Phi) is 6.91. The van der Waals surface area contributed by atoms with E-state index in [2.05, 4.69) is 4.98 Å². The molecule has 7 heteroatoms. The zero-order chi connectivity index (χ0) is 18.4. The van der Waals surface area contributed by atoms with Crippen LogP contribution in [0.3, 0.4) is 0 Å². The number of hydrogen-bond acceptors (Lipinski definition) is 5. The maximum absolute atomic E-state index is 12.8. The molecule has 1 aromatic heterocycles. The van der Waals surface area contributed by atoms with Gasteiger partial charge >= 0.3 is 0 Å². The molecule has 2 aromatic rings. The molecule has 1 heterocycles. The van der Waals surface area contributed by atoms with Crippen LogP contribution in [-0.4, -0.2) is 31.6 Å². The van der Waals surface area contributed by atoms with Crippen molar-refractivity contribution in [3.8, 4) is 17.2 Å². The minimum Gasteiger partial charge on any atom is -0.493 e. The van der Waals surface area contributed by atoms with Gasteiger partial charge in [0.15, 0.2) is 17.3 Å². The van der Waals surface area contributed by atoms with E-state index in [0.717, 1.165) is 6.42 Å². The fourth-order valence-corrected chi connectivity index (χ4v) is 2.83. The lowest BCUT2D eigenvalue weighted by atomic mass is 10.0. The Morgan fingerprint density at radius 2 is 1.76 bits per heavy atom. The standard InChI is InChI=1S/C18H19Cl2NO4/c1-4-7-25-18-16(23-2)6-5-11(17(18)24-3)15(22)8-12-13(19)9-21-10-14(12)20/h5-6,9-10H,4,7-8H2,1-3H3. The molecular weight excluding hydrogens is 365 g/mol. The highest BCUT2D eigenvalue weighted by atomic mass is 35.5. The van der Waals surface area contributed by atoms with Crippen molar-refractivity contribution in [2.24, 2.45) is 0 Å². The highest BCUT2D eigenvalue weighted by Gasteiger charge is 2.22. The maximum Gasteiger partial charge on any atom is 0.204 e. The van der Waals surface area contributed by atoms with Gasteiger partial charge < -0.3 is 14.2 Å². The first-order chi connectivity index (χ1) is 12.0. The van der Waals surface area contributed by atoms with Gasteiger partial charge in [0.1, 0.15) is 0 Å². The van der Waals surface area contributed by atoms with E-state index in [9.17, 15) is 4.79 Å². The molecule has 0 N–H and O–H groups in total. The molecule has 134 valence electrons. The van der Waals surface area contributed by atoms with Crippen LogP contribution in [0, 0.1) is 0 Å². The lowest BCUT2D eigenvalue weighted by Crippen LogP contribution is -2.09. The topological polar surface area (TPSA) is 57.7 Å². The summed E-state index contributed by atoms with van der Waals surface area (Å²) in [6.45, 7) is 2.47. The second-order valence-corrected chi connectivity index (χ2v) is 6.02. The molecule has 0 spiro atoms. The molecule has 0 aliphatic rings. The van der Waals surface area contributed by atoms with Gasteiger partial charge in [-0.05, 0) is 18.6 Å². The van der Waals surface area contributed by atoms with E-state index >= 15 is 0 Å². The second kappa shape index (κ2) is 8.92. The molecule has 0 aliphatic carbocycles. The largest absolute Gasteiger partial charge is 0.493 e. The van der Waals surface area contributed by atoms with E-state index in [0.29, 0.717) is 45.0 Å². The van der Waals surface area contributed by atoms with Crippen molar-refractivity contribution in [3.05, 3.63) is 45.7 Å². The van der Waals surface area contributed by atoms with Gasteiger partial charge in [0.25, 0.3) is 0 Å². The number of benzene rings is 1. The van der Waals surface area contributed by atoms with Crippen molar-refractivity contribution >= 4 is 29.0 Å². The normalized spacial score (nSPS) is 10.4. The fraction of sp³-hybridized carbons (Fsp3) is 0.333. The van der Waals surface area contributed by atoms with Crippen LogP contribution in [0.2, 0.25) is 10.0 Å². The average molecular weight is 384 g/mol. The Morgan fingerprint density at radius 1 is 1.08 bits per heavy atom. The number of pyridine rings is 1. The Morgan fingerprint density at radius 3 is 2.32 bits per heavy atom. The molecule has 0 fully saturated rings. The summed E-state index contributed by atoms with van der Waals surface area (Å²) in [6.07, 6.45) is 3.75. The number of halogens is 2. The van der Waals surface area contributed by atoms with Crippen molar-refractivity contribution in [1.29, 1.82) is 0 Å². The highest BCUT2D eigenvalue weighted by Crippen LogP contribution is 2.41. The molecule has 1 aromatic carbocycles. The number of Topliss-reactive ketones (excluding diaryl/α,β-unsaturated/α-hetero) is 1. The number of nitrogens with zero attached hydrogens (tertiary/aromatic N) is 1. The van der Waals surface area contributed by atoms with Crippen molar-refractivity contribution in [3.63, 3.8) is 0 Å². The number of carbonyl (C=O) groups excluding carboxylic acids is 1. The summed E-state index contributed by atoms with van der Waals surface area (Å²) < 4.78 is 16.5. The van der Waals surface area contributed by atoms with Crippen molar-refractivity contribution < 1.29 is 19.0 Å². The van der Waals surface area contributed by atoms with Gasteiger partial charge in [-0.25, -0.2) is 0 Å². The Bertz CT molecular complexity index is 745. The average Bonchev–Trinajstić information content (AvgIpc) is 2.61. The number of rotatable bonds is 8. The molecule has 5 nitrogen and oxygen atoms in total. The molecule has 0 atom stereocenters. The summed E-state index contributed by atoms with van der Waals surface area (Å²) in [5.74, 6) is 1.04. The fourth-order valence-electron chi connectivity index (χ4n) is 2.33. The SMILES string of the molecule is CCCOc1c(OC)ccc(C(=O)Cc2c(Cl)cncc2Cl)c1OC. The molecule has 2 rings (SSSR count). The monoisotopic (exact) mass is 383 g/mol. The highest BCUT2D eigenvalue weighted by molar-refractivity contribution is 6.36. The van der Waals surface area contributed by atoms with Crippen LogP contribution in [-0.2, 0) is 6.42 Å². The first kappa shape index (κ1) is 19.3. The van der Waals surface area contributed by atoms with Crippen molar-refractivity contribution in [1.82, 2.24) is 4.98 Å². The van der Waals surface area contributed by atoms with Crippen LogP contribution in [0.1, 0.15) is 29.3 Å². The van der Waals surface area contributed by atoms with Gasteiger partial charge in [0, 0.05) is 24.4 Å². The molecule has 0 amide bonds. The van der Waals surface area contributed by atoms with Gasteiger partial charge in [-0.2, -0.15) is 0 Å². The molecule has 0 saturated carbocycles. The first-order valence-corrected chi connectivity index (χ1v) is 8.47. The Balaban J connectivity index is 2.42. The van der Waals surface area contributed by atoms with E-state index in [1.54, 1.807) is 12.1 Å². The minimum atomic E-state index is -0.198. The lowest BCUT2D eigenvalue weighted by molar-refractivity contribution is 0.0989. The van der Waals surface area contributed by atoms with Gasteiger partial charge in [0.2, 0.25) is 5.75 Å². The third-order valence-electron chi connectivity index (χ3n) is 3.54. The molecule has 0 bridgehead atoms. The third-order valence-corrected chi connectivity index (χ3v) is 4.19. The molecular formula is C18H19Cl2NO4. The summed E-state index contributed by atoms with van der Waals surface area (Å²) in [4.78, 5) is 16.7. The van der Waals surface area contributed by atoms with E-state index in [1.807, 2.05) is 6.92 Å². The minimum absolute atomic E-state index is 0.0239. The Labute approximate surface area is 156 Å². The lowest BCUT2D eigenvalue weighted by Gasteiger charge is -2.17. The van der Waals surface area contributed by atoms with Crippen LogP contribution in [0.4, 0.5) is 0 Å². The van der Waals surface area contributed by atoms with Gasteiger partial charge in [0.05, 0.1) is 36.4 Å². The predicted octanol–water partition coefficient (Wildman–Crippen LogP) is 4.62. The van der Waals surface area contributed by atoms with E-state index in [1.165, 1.54) is 26.6 Å². The Hall–Kier alpha value is -1.98. The number of methoxy groups -OCH3 is 2. The summed E-state index contributed by atoms with van der Waals surface area (Å²) in [5, 5.41) is 0.687. The molecule has 25 heavy (non-hydrogen) atoms. The third kappa shape index (κ3) is 4.35. The summed E-state index contributed by atoms with van der Waals surface area (Å²) in [5.41, 5.74) is 0.899. The van der Waals surface area contributed by atoms with E-state index < -0.39 is 0 Å². The maximum atomic E-state index is 12.8.